The van der Waals surface area contributed by atoms with Gasteiger partial charge in [0, 0.05) is 37.3 Å². The van der Waals surface area contributed by atoms with E-state index in [1.54, 1.807) is 18.3 Å². The second-order valence-electron chi connectivity index (χ2n) is 8.18. The van der Waals surface area contributed by atoms with Gasteiger partial charge in [-0.1, -0.05) is 18.2 Å². The number of fused-ring (bicyclic) bond motifs is 1. The molecule has 0 radical (unpaired) electrons. The second-order valence-corrected chi connectivity index (χ2v) is 8.18. The lowest BCUT2D eigenvalue weighted by Crippen LogP contribution is -2.39. The van der Waals surface area contributed by atoms with E-state index in [0.29, 0.717) is 5.75 Å². The molecule has 0 fully saturated rings. The summed E-state index contributed by atoms with van der Waals surface area (Å²) in [6, 6.07) is 16.5. The van der Waals surface area contributed by atoms with E-state index >= 15 is 0 Å². The van der Waals surface area contributed by atoms with Gasteiger partial charge in [0.1, 0.15) is 17.7 Å². The van der Waals surface area contributed by atoms with Crippen LogP contribution in [0.4, 0.5) is 4.39 Å². The number of aliphatic hydroxyl groups is 2. The molecule has 4 rings (SSSR count). The van der Waals surface area contributed by atoms with E-state index in [1.165, 1.54) is 17.7 Å². The minimum Gasteiger partial charge on any atom is -0.486 e. The lowest BCUT2D eigenvalue weighted by Gasteiger charge is -2.20. The van der Waals surface area contributed by atoms with Gasteiger partial charge in [0.05, 0.1) is 5.69 Å². The minimum absolute atomic E-state index is 0.104. The number of carboxylic acid groups (broad SMARTS) is 2. The molecule has 0 bridgehead atoms. The molecular weight excluding hydrogens is 473 g/mol. The number of rotatable bonds is 6. The van der Waals surface area contributed by atoms with Crippen molar-refractivity contribution in [2.45, 2.75) is 31.3 Å². The molecule has 4 N–H and O–H groups in total. The number of halogens is 1. The maximum atomic E-state index is 13.5. The Morgan fingerprint density at radius 1 is 1.06 bits per heavy atom. The van der Waals surface area contributed by atoms with Gasteiger partial charge in [-0.2, -0.15) is 10.2 Å². The summed E-state index contributed by atoms with van der Waals surface area (Å²) in [5, 5.41) is 40.7. The van der Waals surface area contributed by atoms with Crippen molar-refractivity contribution in [3.63, 3.8) is 0 Å². The van der Waals surface area contributed by atoms with Gasteiger partial charge in [-0.3, -0.25) is 0 Å². The predicted octanol–water partition coefficient (Wildman–Crippen LogP) is 2.12. The lowest BCUT2D eigenvalue weighted by atomic mass is 9.97. The second kappa shape index (κ2) is 12.2. The fourth-order valence-electron chi connectivity index (χ4n) is 3.63. The third-order valence-electron chi connectivity index (χ3n) is 5.45. The number of benzene rings is 2. The highest BCUT2D eigenvalue weighted by atomic mass is 19.1. The van der Waals surface area contributed by atoms with Crippen LogP contribution in [0.3, 0.4) is 0 Å². The minimum atomic E-state index is -2.27. The molecule has 3 aromatic rings. The van der Waals surface area contributed by atoms with E-state index in [2.05, 4.69) is 40.3 Å². The molecule has 190 valence electrons. The summed E-state index contributed by atoms with van der Waals surface area (Å²) < 4.78 is 19.6. The number of aliphatic hydroxyl groups excluding tert-OH is 2. The highest BCUT2D eigenvalue weighted by molar-refractivity contribution is 5.83. The van der Waals surface area contributed by atoms with Crippen LogP contribution in [0.1, 0.15) is 23.7 Å². The predicted molar refractivity (Wildman–Crippen MR) is 125 cm³/mol. The van der Waals surface area contributed by atoms with Crippen molar-refractivity contribution in [3.05, 3.63) is 77.7 Å². The number of carbonyl (C=O) groups is 2. The molecule has 1 aliphatic heterocycles. The fourth-order valence-corrected chi connectivity index (χ4v) is 3.63. The number of aromatic nitrogens is 2. The Morgan fingerprint density at radius 3 is 2.39 bits per heavy atom. The first-order chi connectivity index (χ1) is 17.2. The van der Waals surface area contributed by atoms with Crippen LogP contribution in [0.25, 0.3) is 11.3 Å². The molecule has 0 aliphatic carbocycles. The average Bonchev–Trinajstić information content (AvgIpc) is 3.01. The third-order valence-corrected chi connectivity index (χ3v) is 5.45. The van der Waals surface area contributed by atoms with Crippen molar-refractivity contribution in [1.82, 2.24) is 15.1 Å². The summed E-state index contributed by atoms with van der Waals surface area (Å²) in [4.78, 5) is 21.8. The summed E-state index contributed by atoms with van der Waals surface area (Å²) in [7, 11) is 2.10. The van der Waals surface area contributed by atoms with Gasteiger partial charge in [0.25, 0.3) is 0 Å². The molecule has 2 aromatic carbocycles. The topological polar surface area (TPSA) is 153 Å². The van der Waals surface area contributed by atoms with E-state index in [9.17, 15) is 14.0 Å². The quantitative estimate of drug-likeness (QED) is 0.397. The number of hydrogen-bond donors (Lipinski definition) is 4. The van der Waals surface area contributed by atoms with E-state index in [4.69, 9.17) is 25.2 Å². The molecule has 36 heavy (non-hydrogen) atoms. The molecule has 2 heterocycles. The molecule has 0 amide bonds. The van der Waals surface area contributed by atoms with Crippen LogP contribution in [0.15, 0.2) is 60.8 Å². The fraction of sp³-hybridized carbons (Fsp3) is 0.280. The molecular formula is C25H26FN3O7. The van der Waals surface area contributed by atoms with Crippen molar-refractivity contribution in [2.24, 2.45) is 0 Å². The number of nitrogens with zero attached hydrogens (tertiary/aromatic N) is 3. The standard InChI is InChI=1S/C21H20FN3O.C4H6O6/c1-25-11-9-21(26-18-5-2-4-17(22)13-18)19-8-7-15(12-16(19)14-25)20-6-3-10-23-24-20;5-1(3(7)8)2(6)4(9)10/h2-8,10,12-13,21H,9,11,14H2,1H3;1-2,5-6H,(H,7,8)(H,9,10). The largest absolute Gasteiger partial charge is 0.486 e. The Balaban J connectivity index is 0.000000308. The summed E-state index contributed by atoms with van der Waals surface area (Å²) in [5.41, 5.74) is 4.24. The van der Waals surface area contributed by atoms with Crippen LogP contribution in [0.2, 0.25) is 0 Å². The van der Waals surface area contributed by atoms with Gasteiger partial charge >= 0.3 is 11.9 Å². The van der Waals surface area contributed by atoms with Crippen molar-refractivity contribution < 1.29 is 39.1 Å². The number of aliphatic carboxylic acids is 2. The summed E-state index contributed by atoms with van der Waals surface area (Å²) >= 11 is 0. The zero-order valence-corrected chi connectivity index (χ0v) is 19.4. The molecule has 10 nitrogen and oxygen atoms in total. The van der Waals surface area contributed by atoms with Crippen LogP contribution < -0.4 is 4.74 Å². The van der Waals surface area contributed by atoms with E-state index < -0.39 is 24.1 Å². The van der Waals surface area contributed by atoms with Crippen molar-refractivity contribution in [3.8, 4) is 17.0 Å². The molecule has 0 saturated carbocycles. The Labute approximate surface area is 206 Å². The third kappa shape index (κ3) is 7.04. The Morgan fingerprint density at radius 2 is 1.78 bits per heavy atom. The molecule has 0 spiro atoms. The zero-order valence-electron chi connectivity index (χ0n) is 19.4. The molecule has 11 heteroatoms. The van der Waals surface area contributed by atoms with Crippen LogP contribution in [0, 0.1) is 5.82 Å². The SMILES string of the molecule is CN1CCC(Oc2cccc(F)c2)c2ccc(-c3cccnn3)cc2C1.O=C(O)C(O)C(O)C(=O)O. The van der Waals surface area contributed by atoms with Gasteiger partial charge in [0.15, 0.2) is 12.2 Å². The zero-order chi connectivity index (χ0) is 26.2. The average molecular weight is 499 g/mol. The Kier molecular flexibility index (Phi) is 9.01. The van der Waals surface area contributed by atoms with Gasteiger partial charge in [0.2, 0.25) is 0 Å². The summed E-state index contributed by atoms with van der Waals surface area (Å²) in [6.07, 6.45) is -2.11. The van der Waals surface area contributed by atoms with Crippen molar-refractivity contribution >= 4 is 11.9 Å². The molecule has 0 saturated heterocycles. The number of hydrogen-bond acceptors (Lipinski definition) is 8. The van der Waals surface area contributed by atoms with Crippen molar-refractivity contribution in [1.29, 1.82) is 0 Å². The Hall–Kier alpha value is -3.93. The molecule has 1 aromatic heterocycles. The smallest absolute Gasteiger partial charge is 0.335 e. The van der Waals surface area contributed by atoms with E-state index in [0.717, 1.165) is 36.3 Å². The normalized spacial score (nSPS) is 16.9. The van der Waals surface area contributed by atoms with Gasteiger partial charge in [-0.05, 0) is 48.5 Å². The molecule has 3 unspecified atom stereocenters. The molecule has 1 aliphatic rings. The van der Waals surface area contributed by atoms with Gasteiger partial charge in [-0.15, -0.1) is 0 Å². The number of carboxylic acids is 2. The first-order valence-electron chi connectivity index (χ1n) is 11.0. The van der Waals surface area contributed by atoms with E-state index in [1.807, 2.05) is 12.1 Å². The highest BCUT2D eigenvalue weighted by Gasteiger charge is 2.29. The van der Waals surface area contributed by atoms with Crippen LogP contribution in [0.5, 0.6) is 5.75 Å². The monoisotopic (exact) mass is 499 g/mol. The molecule has 3 atom stereocenters. The van der Waals surface area contributed by atoms with Crippen LogP contribution in [-0.2, 0) is 16.1 Å². The first-order valence-corrected chi connectivity index (χ1v) is 11.0. The van der Waals surface area contributed by atoms with Crippen LogP contribution in [-0.4, -0.2) is 73.3 Å². The maximum Gasteiger partial charge on any atom is 0.335 e. The maximum absolute atomic E-state index is 13.5. The Bertz CT molecular complexity index is 1180. The summed E-state index contributed by atoms with van der Waals surface area (Å²) in [6.45, 7) is 1.75. The van der Waals surface area contributed by atoms with Crippen LogP contribution >= 0.6 is 0 Å². The summed E-state index contributed by atoms with van der Waals surface area (Å²) in [5.74, 6) is -3.26. The lowest BCUT2D eigenvalue weighted by molar-refractivity contribution is -0.165. The van der Waals surface area contributed by atoms with E-state index in [-0.39, 0.29) is 11.9 Å². The highest BCUT2D eigenvalue weighted by Crippen LogP contribution is 2.33. The van der Waals surface area contributed by atoms with Gasteiger partial charge < -0.3 is 30.1 Å². The van der Waals surface area contributed by atoms with Crippen molar-refractivity contribution in [2.75, 3.05) is 13.6 Å². The number of ether oxygens (including phenoxy) is 1. The van der Waals surface area contributed by atoms with Gasteiger partial charge in [-0.25, -0.2) is 14.0 Å². The first kappa shape index (κ1) is 26.7.